The van der Waals surface area contributed by atoms with Crippen molar-refractivity contribution in [2.45, 2.75) is 0 Å². The Morgan fingerprint density at radius 2 is 2.11 bits per heavy atom. The molecule has 1 amide bonds. The van der Waals surface area contributed by atoms with Crippen molar-refractivity contribution in [3.63, 3.8) is 0 Å². The third-order valence-electron chi connectivity index (χ3n) is 2.67. The van der Waals surface area contributed by atoms with E-state index in [1.807, 2.05) is 43.3 Å². The molecule has 0 aliphatic rings. The van der Waals surface area contributed by atoms with Crippen LogP contribution in [0, 0.1) is 0 Å². The van der Waals surface area contributed by atoms with Crippen molar-refractivity contribution >= 4 is 17.3 Å². The summed E-state index contributed by atoms with van der Waals surface area (Å²) in [5, 5.41) is 6.83. The molecule has 0 saturated carbocycles. The number of aryl methyl sites for hydroxylation is 1. The van der Waals surface area contributed by atoms with Gasteiger partial charge in [-0.05, 0) is 24.3 Å². The Bertz CT molecular complexity index is 560. The van der Waals surface area contributed by atoms with Gasteiger partial charge in [0, 0.05) is 38.7 Å². The first-order valence-corrected chi connectivity index (χ1v) is 5.64. The summed E-state index contributed by atoms with van der Waals surface area (Å²) in [6, 6.07) is 9.37. The van der Waals surface area contributed by atoms with Gasteiger partial charge < -0.3 is 10.2 Å². The summed E-state index contributed by atoms with van der Waals surface area (Å²) in [4.78, 5) is 14.0. The van der Waals surface area contributed by atoms with Crippen LogP contribution in [0.15, 0.2) is 36.5 Å². The molecule has 0 spiro atoms. The molecule has 0 radical (unpaired) electrons. The topological polar surface area (TPSA) is 50.2 Å². The first-order valence-electron chi connectivity index (χ1n) is 5.64. The lowest BCUT2D eigenvalue weighted by Crippen LogP contribution is -2.16. The van der Waals surface area contributed by atoms with Crippen LogP contribution in [0.3, 0.4) is 0 Å². The minimum Gasteiger partial charge on any atom is -0.378 e. The van der Waals surface area contributed by atoms with E-state index in [4.69, 9.17) is 0 Å². The molecule has 0 unspecified atom stereocenters. The first kappa shape index (κ1) is 12.2. The highest BCUT2D eigenvalue weighted by Gasteiger charge is 2.10. The van der Waals surface area contributed by atoms with E-state index in [2.05, 4.69) is 10.4 Å². The fourth-order valence-corrected chi connectivity index (χ4v) is 1.65. The number of carbonyl (C=O) groups is 1. The third-order valence-corrected chi connectivity index (χ3v) is 2.67. The second kappa shape index (κ2) is 4.91. The molecule has 1 heterocycles. The van der Waals surface area contributed by atoms with E-state index in [1.54, 1.807) is 24.0 Å². The average Bonchev–Trinajstić information content (AvgIpc) is 2.76. The van der Waals surface area contributed by atoms with Crippen LogP contribution in [-0.4, -0.2) is 29.8 Å². The molecule has 0 saturated heterocycles. The Labute approximate surface area is 106 Å². The molecule has 0 bridgehead atoms. The van der Waals surface area contributed by atoms with Crippen molar-refractivity contribution in [1.29, 1.82) is 0 Å². The van der Waals surface area contributed by atoms with E-state index in [9.17, 15) is 4.79 Å². The van der Waals surface area contributed by atoms with Gasteiger partial charge in [0.1, 0.15) is 5.69 Å². The third kappa shape index (κ3) is 2.51. The van der Waals surface area contributed by atoms with Gasteiger partial charge in [-0.25, -0.2) is 0 Å². The van der Waals surface area contributed by atoms with Crippen molar-refractivity contribution < 1.29 is 4.79 Å². The lowest BCUT2D eigenvalue weighted by molar-refractivity contribution is 0.101. The van der Waals surface area contributed by atoms with Gasteiger partial charge >= 0.3 is 0 Å². The van der Waals surface area contributed by atoms with Crippen molar-refractivity contribution in [2.75, 3.05) is 24.3 Å². The minimum absolute atomic E-state index is 0.161. The molecule has 18 heavy (non-hydrogen) atoms. The Kier molecular flexibility index (Phi) is 3.32. The Balaban J connectivity index is 2.17. The van der Waals surface area contributed by atoms with Crippen LogP contribution in [0.5, 0.6) is 0 Å². The van der Waals surface area contributed by atoms with Crippen molar-refractivity contribution in [2.24, 2.45) is 7.05 Å². The van der Waals surface area contributed by atoms with Crippen molar-refractivity contribution in [3.8, 4) is 0 Å². The van der Waals surface area contributed by atoms with E-state index >= 15 is 0 Å². The molecule has 0 atom stereocenters. The number of benzene rings is 1. The molecule has 0 aliphatic heterocycles. The smallest absolute Gasteiger partial charge is 0.273 e. The summed E-state index contributed by atoms with van der Waals surface area (Å²) in [5.74, 6) is -0.161. The Morgan fingerprint density at radius 3 is 2.72 bits per heavy atom. The van der Waals surface area contributed by atoms with E-state index in [0.717, 1.165) is 11.4 Å². The molecule has 94 valence electrons. The predicted octanol–water partition coefficient (Wildman–Crippen LogP) is 1.74. The average molecular weight is 244 g/mol. The second-order valence-corrected chi connectivity index (χ2v) is 4.24. The van der Waals surface area contributed by atoms with E-state index < -0.39 is 0 Å². The van der Waals surface area contributed by atoms with Crippen LogP contribution in [0.4, 0.5) is 11.4 Å². The maximum absolute atomic E-state index is 12.0. The van der Waals surface area contributed by atoms with Gasteiger partial charge in [-0.1, -0.05) is 6.07 Å². The second-order valence-electron chi connectivity index (χ2n) is 4.24. The van der Waals surface area contributed by atoms with Crippen LogP contribution in [0.25, 0.3) is 0 Å². The molecule has 2 rings (SSSR count). The SMILES string of the molecule is CN(C)c1cccc(NC(=O)c2ccnn2C)c1. The molecule has 1 aromatic heterocycles. The van der Waals surface area contributed by atoms with E-state index in [-0.39, 0.29) is 5.91 Å². The number of anilines is 2. The number of aromatic nitrogens is 2. The minimum atomic E-state index is -0.161. The van der Waals surface area contributed by atoms with Gasteiger partial charge in [0.25, 0.3) is 5.91 Å². The number of rotatable bonds is 3. The molecular weight excluding hydrogens is 228 g/mol. The molecule has 2 aromatic rings. The maximum Gasteiger partial charge on any atom is 0.273 e. The zero-order chi connectivity index (χ0) is 13.1. The molecule has 5 nitrogen and oxygen atoms in total. The fourth-order valence-electron chi connectivity index (χ4n) is 1.65. The summed E-state index contributed by atoms with van der Waals surface area (Å²) in [6.45, 7) is 0. The normalized spacial score (nSPS) is 10.2. The number of hydrogen-bond acceptors (Lipinski definition) is 3. The summed E-state index contributed by atoms with van der Waals surface area (Å²) < 4.78 is 1.55. The maximum atomic E-state index is 12.0. The number of nitrogens with zero attached hydrogens (tertiary/aromatic N) is 3. The van der Waals surface area contributed by atoms with Crippen molar-refractivity contribution in [1.82, 2.24) is 9.78 Å². The van der Waals surface area contributed by atoms with E-state index in [0.29, 0.717) is 5.69 Å². The number of amides is 1. The Hall–Kier alpha value is -2.30. The van der Waals surface area contributed by atoms with Crippen LogP contribution in [0.1, 0.15) is 10.5 Å². The number of nitrogens with one attached hydrogen (secondary N) is 1. The zero-order valence-electron chi connectivity index (χ0n) is 10.7. The fraction of sp³-hybridized carbons (Fsp3) is 0.231. The summed E-state index contributed by atoms with van der Waals surface area (Å²) in [7, 11) is 5.66. The van der Waals surface area contributed by atoms with Gasteiger partial charge in [0.15, 0.2) is 0 Å². The quantitative estimate of drug-likeness (QED) is 0.894. The van der Waals surface area contributed by atoms with Crippen LogP contribution in [0.2, 0.25) is 0 Å². The monoisotopic (exact) mass is 244 g/mol. The first-order chi connectivity index (χ1) is 8.58. The van der Waals surface area contributed by atoms with Crippen LogP contribution < -0.4 is 10.2 Å². The van der Waals surface area contributed by atoms with Gasteiger partial charge in [0.2, 0.25) is 0 Å². The Morgan fingerprint density at radius 1 is 1.33 bits per heavy atom. The van der Waals surface area contributed by atoms with Gasteiger partial charge in [-0.15, -0.1) is 0 Å². The molecule has 0 fully saturated rings. The highest BCUT2D eigenvalue weighted by Crippen LogP contribution is 2.17. The molecule has 1 N–H and O–H groups in total. The van der Waals surface area contributed by atoms with Gasteiger partial charge in [-0.3, -0.25) is 9.48 Å². The molecular formula is C13H16N4O. The lowest BCUT2D eigenvalue weighted by atomic mass is 10.2. The lowest BCUT2D eigenvalue weighted by Gasteiger charge is -2.14. The van der Waals surface area contributed by atoms with Crippen molar-refractivity contribution in [3.05, 3.63) is 42.2 Å². The highest BCUT2D eigenvalue weighted by atomic mass is 16.2. The zero-order valence-corrected chi connectivity index (χ0v) is 10.7. The summed E-state index contributed by atoms with van der Waals surface area (Å²) >= 11 is 0. The molecule has 0 aliphatic carbocycles. The van der Waals surface area contributed by atoms with E-state index in [1.165, 1.54) is 0 Å². The predicted molar refractivity (Wildman–Crippen MR) is 71.9 cm³/mol. The van der Waals surface area contributed by atoms with Gasteiger partial charge in [0.05, 0.1) is 0 Å². The number of carbonyl (C=O) groups excluding carboxylic acids is 1. The van der Waals surface area contributed by atoms with Gasteiger partial charge in [-0.2, -0.15) is 5.10 Å². The highest BCUT2D eigenvalue weighted by molar-refractivity contribution is 6.03. The summed E-state index contributed by atoms with van der Waals surface area (Å²) in [6.07, 6.45) is 1.60. The molecule has 1 aromatic carbocycles. The number of hydrogen-bond donors (Lipinski definition) is 1. The van der Waals surface area contributed by atoms with Crippen LogP contribution >= 0.6 is 0 Å². The standard InChI is InChI=1S/C13H16N4O/c1-16(2)11-6-4-5-10(9-11)15-13(18)12-7-8-14-17(12)3/h4-9H,1-3H3,(H,15,18). The van der Waals surface area contributed by atoms with Crippen LogP contribution in [-0.2, 0) is 7.05 Å². The largest absolute Gasteiger partial charge is 0.378 e. The summed E-state index contributed by atoms with van der Waals surface area (Å²) in [5.41, 5.74) is 2.34. The molecule has 5 heteroatoms.